The third-order valence-corrected chi connectivity index (χ3v) is 5.01. The van der Waals surface area contributed by atoms with Crippen molar-refractivity contribution in [2.24, 2.45) is 0 Å². The maximum Gasteiger partial charge on any atom is 0.275 e. The number of hydrogen-bond donors (Lipinski definition) is 0. The minimum atomic E-state index is -0.306. The molecule has 0 aliphatic carbocycles. The number of carbonyl (C=O) groups excluding carboxylic acids is 1. The molecule has 0 spiro atoms. The van der Waals surface area contributed by atoms with E-state index in [0.717, 1.165) is 30.2 Å². The predicted octanol–water partition coefficient (Wildman–Crippen LogP) is 4.06. The largest absolute Gasteiger partial charge is 0.337 e. The van der Waals surface area contributed by atoms with Crippen LogP contribution in [0.4, 0.5) is 4.39 Å². The highest BCUT2D eigenvalue weighted by Gasteiger charge is 2.17. The molecule has 0 bridgehead atoms. The highest BCUT2D eigenvalue weighted by Crippen LogP contribution is 2.13. The molecule has 29 heavy (non-hydrogen) atoms. The predicted molar refractivity (Wildman–Crippen MR) is 112 cm³/mol. The van der Waals surface area contributed by atoms with Crippen molar-refractivity contribution >= 4 is 16.7 Å². The SMILES string of the molecule is CCCCCN(Cc1ccc(F)cc1)C(=O)Cn1nc(C)c2ccccc2c1=O. The number of nitrogens with zero attached hydrogens (tertiary/aromatic N) is 3. The highest BCUT2D eigenvalue weighted by molar-refractivity contribution is 5.83. The fourth-order valence-electron chi connectivity index (χ4n) is 3.39. The topological polar surface area (TPSA) is 55.2 Å². The zero-order valence-electron chi connectivity index (χ0n) is 16.9. The standard InChI is InChI=1S/C23H26FN3O2/c1-3-4-7-14-26(15-18-10-12-19(24)13-11-18)22(28)16-27-23(29)21-9-6-5-8-20(21)17(2)25-27/h5-6,8-13H,3-4,7,14-16H2,1-2H3. The number of amides is 1. The molecule has 0 N–H and O–H groups in total. The maximum atomic E-state index is 13.2. The molecule has 0 aliphatic heterocycles. The second-order valence-electron chi connectivity index (χ2n) is 7.24. The first-order valence-corrected chi connectivity index (χ1v) is 9.98. The Labute approximate surface area is 169 Å². The molecular weight excluding hydrogens is 369 g/mol. The lowest BCUT2D eigenvalue weighted by Gasteiger charge is -2.23. The van der Waals surface area contributed by atoms with Crippen LogP contribution in [-0.4, -0.2) is 27.1 Å². The average molecular weight is 395 g/mol. The van der Waals surface area contributed by atoms with Gasteiger partial charge >= 0.3 is 0 Å². The second-order valence-corrected chi connectivity index (χ2v) is 7.24. The summed E-state index contributed by atoms with van der Waals surface area (Å²) in [5.41, 5.74) is 1.30. The van der Waals surface area contributed by atoms with E-state index in [2.05, 4.69) is 12.0 Å². The van der Waals surface area contributed by atoms with Gasteiger partial charge in [-0.3, -0.25) is 9.59 Å². The van der Waals surface area contributed by atoms with E-state index in [9.17, 15) is 14.0 Å². The summed E-state index contributed by atoms with van der Waals surface area (Å²) in [6.45, 7) is 4.79. The number of halogens is 1. The van der Waals surface area contributed by atoms with Gasteiger partial charge in [0.1, 0.15) is 12.4 Å². The van der Waals surface area contributed by atoms with Gasteiger partial charge in [-0.1, -0.05) is 50.1 Å². The van der Waals surface area contributed by atoms with Crippen molar-refractivity contribution in [3.63, 3.8) is 0 Å². The number of unbranched alkanes of at least 4 members (excludes halogenated alkanes) is 2. The molecule has 0 saturated heterocycles. The third-order valence-electron chi connectivity index (χ3n) is 5.01. The molecule has 0 saturated carbocycles. The number of aromatic nitrogens is 2. The van der Waals surface area contributed by atoms with Crippen LogP contribution in [0.15, 0.2) is 53.3 Å². The minimum Gasteiger partial charge on any atom is -0.337 e. The summed E-state index contributed by atoms with van der Waals surface area (Å²) in [7, 11) is 0. The lowest BCUT2D eigenvalue weighted by atomic mass is 10.1. The molecule has 1 amide bonds. The summed E-state index contributed by atoms with van der Waals surface area (Å²) < 4.78 is 14.4. The normalized spacial score (nSPS) is 11.0. The van der Waals surface area contributed by atoms with Crippen LogP contribution in [0.1, 0.15) is 37.4 Å². The first-order valence-electron chi connectivity index (χ1n) is 9.98. The Balaban J connectivity index is 1.83. The van der Waals surface area contributed by atoms with Gasteiger partial charge in [-0.25, -0.2) is 9.07 Å². The van der Waals surface area contributed by atoms with Gasteiger partial charge < -0.3 is 4.90 Å². The lowest BCUT2D eigenvalue weighted by Crippen LogP contribution is -2.38. The molecule has 0 aliphatic rings. The van der Waals surface area contributed by atoms with E-state index >= 15 is 0 Å². The Morgan fingerprint density at radius 1 is 1.07 bits per heavy atom. The Hall–Kier alpha value is -3.02. The second kappa shape index (κ2) is 9.45. The van der Waals surface area contributed by atoms with Crippen molar-refractivity contribution in [1.82, 2.24) is 14.7 Å². The van der Waals surface area contributed by atoms with E-state index in [1.807, 2.05) is 19.1 Å². The van der Waals surface area contributed by atoms with Crippen LogP contribution in [0.3, 0.4) is 0 Å². The van der Waals surface area contributed by atoms with Crippen molar-refractivity contribution < 1.29 is 9.18 Å². The Morgan fingerprint density at radius 2 is 1.76 bits per heavy atom. The van der Waals surface area contributed by atoms with Crippen molar-refractivity contribution in [2.75, 3.05) is 6.54 Å². The van der Waals surface area contributed by atoms with Crippen LogP contribution >= 0.6 is 0 Å². The molecule has 0 atom stereocenters. The summed E-state index contributed by atoms with van der Waals surface area (Å²) in [5.74, 6) is -0.477. The number of aryl methyl sites for hydroxylation is 1. The van der Waals surface area contributed by atoms with Crippen molar-refractivity contribution in [3.05, 3.63) is 76.0 Å². The van der Waals surface area contributed by atoms with Crippen molar-refractivity contribution in [1.29, 1.82) is 0 Å². The average Bonchev–Trinajstić information content (AvgIpc) is 2.72. The smallest absolute Gasteiger partial charge is 0.275 e. The first-order chi connectivity index (χ1) is 14.0. The summed E-state index contributed by atoms with van der Waals surface area (Å²) in [6.07, 6.45) is 2.94. The van der Waals surface area contributed by atoms with Crippen LogP contribution in [0.2, 0.25) is 0 Å². The quantitative estimate of drug-likeness (QED) is 0.541. The van der Waals surface area contributed by atoms with Crippen LogP contribution < -0.4 is 5.56 Å². The molecule has 6 heteroatoms. The summed E-state index contributed by atoms with van der Waals surface area (Å²) >= 11 is 0. The molecular formula is C23H26FN3O2. The molecule has 0 radical (unpaired) electrons. The van der Waals surface area contributed by atoms with E-state index < -0.39 is 0 Å². The number of hydrogen-bond acceptors (Lipinski definition) is 3. The molecule has 0 unspecified atom stereocenters. The Morgan fingerprint density at radius 3 is 2.45 bits per heavy atom. The zero-order chi connectivity index (χ0) is 20.8. The Bertz CT molecular complexity index is 1040. The van der Waals surface area contributed by atoms with Gasteiger partial charge in [0.25, 0.3) is 5.56 Å². The molecule has 152 valence electrons. The fourth-order valence-corrected chi connectivity index (χ4v) is 3.39. The number of carbonyl (C=O) groups is 1. The third kappa shape index (κ3) is 5.08. The van der Waals surface area contributed by atoms with Gasteiger partial charge in [-0.15, -0.1) is 0 Å². The molecule has 1 aromatic heterocycles. The van der Waals surface area contributed by atoms with Crippen LogP contribution in [0, 0.1) is 12.7 Å². The van der Waals surface area contributed by atoms with E-state index in [1.165, 1.54) is 16.8 Å². The first kappa shape index (κ1) is 20.7. The van der Waals surface area contributed by atoms with Crippen molar-refractivity contribution in [3.8, 4) is 0 Å². The summed E-state index contributed by atoms with van der Waals surface area (Å²) in [6, 6.07) is 13.4. The number of benzene rings is 2. The molecule has 5 nitrogen and oxygen atoms in total. The number of fused-ring (bicyclic) bond motifs is 1. The molecule has 1 heterocycles. The molecule has 0 fully saturated rings. The molecule has 3 aromatic rings. The maximum absolute atomic E-state index is 13.2. The zero-order valence-corrected chi connectivity index (χ0v) is 16.9. The van der Waals surface area contributed by atoms with E-state index in [-0.39, 0.29) is 23.8 Å². The Kier molecular flexibility index (Phi) is 6.75. The lowest BCUT2D eigenvalue weighted by molar-refractivity contribution is -0.132. The highest BCUT2D eigenvalue weighted by atomic mass is 19.1. The van der Waals surface area contributed by atoms with Gasteiger partial charge in [0, 0.05) is 18.5 Å². The van der Waals surface area contributed by atoms with Crippen LogP contribution in [-0.2, 0) is 17.9 Å². The van der Waals surface area contributed by atoms with E-state index in [4.69, 9.17) is 0 Å². The van der Waals surface area contributed by atoms with Crippen molar-refractivity contribution in [2.45, 2.75) is 46.2 Å². The van der Waals surface area contributed by atoms with Crippen LogP contribution in [0.5, 0.6) is 0 Å². The number of rotatable bonds is 8. The van der Waals surface area contributed by atoms with Crippen LogP contribution in [0.25, 0.3) is 10.8 Å². The summed E-state index contributed by atoms with van der Waals surface area (Å²) in [4.78, 5) is 27.5. The summed E-state index contributed by atoms with van der Waals surface area (Å²) in [5, 5.41) is 5.70. The van der Waals surface area contributed by atoms with Gasteiger partial charge in [-0.05, 0) is 37.1 Å². The fraction of sp³-hybridized carbons (Fsp3) is 0.348. The van der Waals surface area contributed by atoms with Gasteiger partial charge in [-0.2, -0.15) is 5.10 Å². The van der Waals surface area contributed by atoms with Gasteiger partial charge in [0.05, 0.1) is 11.1 Å². The van der Waals surface area contributed by atoms with Gasteiger partial charge in [0.2, 0.25) is 5.91 Å². The minimum absolute atomic E-state index is 0.113. The van der Waals surface area contributed by atoms with E-state index in [1.54, 1.807) is 29.2 Å². The molecule has 3 rings (SSSR count). The molecule has 2 aromatic carbocycles. The van der Waals surface area contributed by atoms with Gasteiger partial charge in [0.15, 0.2) is 0 Å². The van der Waals surface area contributed by atoms with E-state index in [0.29, 0.717) is 24.2 Å². The monoisotopic (exact) mass is 395 g/mol.